The Hall–Kier alpha value is -1.13. The zero-order chi connectivity index (χ0) is 10.4. The normalized spacial score (nSPS) is 9.79. The molecule has 0 spiro atoms. The molecule has 0 atom stereocenters. The first kappa shape index (κ1) is 10.9. The zero-order valence-corrected chi connectivity index (χ0v) is 8.38. The molecule has 0 fully saturated rings. The molecule has 0 bridgehead atoms. The summed E-state index contributed by atoms with van der Waals surface area (Å²) in [4.78, 5) is 11.4. The van der Waals surface area contributed by atoms with Gasteiger partial charge in [0, 0.05) is 17.5 Å². The van der Waals surface area contributed by atoms with Gasteiger partial charge in [-0.2, -0.15) is 0 Å². The third kappa shape index (κ3) is 2.97. The Bertz CT molecular complexity index is 321. The molecule has 0 aliphatic rings. The van der Waals surface area contributed by atoms with Crippen LogP contribution in [0.4, 0.5) is 0 Å². The molecule has 14 heavy (non-hydrogen) atoms. The van der Waals surface area contributed by atoms with E-state index in [0.29, 0.717) is 11.3 Å². The number of carbonyl (C=O) groups excluding carboxylic acids is 1. The van der Waals surface area contributed by atoms with Crippen molar-refractivity contribution < 1.29 is 9.90 Å². The van der Waals surface area contributed by atoms with E-state index in [1.165, 1.54) is 6.21 Å². The minimum absolute atomic E-state index is 0.00892. The van der Waals surface area contributed by atoms with Gasteiger partial charge in [0.25, 0.3) is 0 Å². The third-order valence-electron chi connectivity index (χ3n) is 1.64. The Labute approximate surface area is 86.7 Å². The van der Waals surface area contributed by atoms with E-state index in [9.17, 15) is 4.79 Å². The minimum atomic E-state index is -0.0458. The summed E-state index contributed by atoms with van der Waals surface area (Å²) in [6, 6.07) is 6.82. The number of rotatable bonds is 4. The molecule has 0 aromatic heterocycles. The second-order valence-electron chi connectivity index (χ2n) is 2.63. The van der Waals surface area contributed by atoms with Crippen LogP contribution in [0.2, 0.25) is 0 Å². The molecule has 2 N–H and O–H groups in total. The van der Waals surface area contributed by atoms with E-state index in [0.717, 1.165) is 17.3 Å². The van der Waals surface area contributed by atoms with Crippen molar-refractivity contribution in [3.8, 4) is 0 Å². The summed E-state index contributed by atoms with van der Waals surface area (Å²) in [5, 5.41) is 15.5. The summed E-state index contributed by atoms with van der Waals surface area (Å²) in [7, 11) is 0. The molecule has 0 heterocycles. The number of carbonyl (C=O) groups is 1. The van der Waals surface area contributed by atoms with Crippen LogP contribution >= 0.6 is 11.8 Å². The highest BCUT2D eigenvalue weighted by Gasteiger charge is 2.04. The summed E-state index contributed by atoms with van der Waals surface area (Å²) in [6.45, 7) is 0.00892. The van der Waals surface area contributed by atoms with Crippen LogP contribution in [-0.2, 0) is 0 Å². The molecule has 0 aliphatic heterocycles. The first-order valence-corrected chi connectivity index (χ1v) is 5.15. The fourth-order valence-corrected chi connectivity index (χ4v) is 1.52. The Balaban J connectivity index is 2.66. The van der Waals surface area contributed by atoms with Crippen LogP contribution in [0.1, 0.15) is 15.9 Å². The standard InChI is InChI=1S/C10H11NO2S/c11-7-8-1-3-9(4-2-8)10(13)14-6-5-12/h1-4,7,11-12H,5-6H2. The van der Waals surface area contributed by atoms with Crippen LogP contribution in [0.25, 0.3) is 0 Å². The van der Waals surface area contributed by atoms with Gasteiger partial charge in [0.1, 0.15) is 0 Å². The molecule has 3 nitrogen and oxygen atoms in total. The summed E-state index contributed by atoms with van der Waals surface area (Å²) in [5.41, 5.74) is 1.38. The Kier molecular flexibility index (Phi) is 4.35. The Morgan fingerprint density at radius 1 is 1.43 bits per heavy atom. The molecule has 1 rings (SSSR count). The van der Waals surface area contributed by atoms with Gasteiger partial charge in [-0.25, -0.2) is 0 Å². The van der Waals surface area contributed by atoms with Crippen molar-refractivity contribution >= 4 is 23.1 Å². The second kappa shape index (κ2) is 5.57. The van der Waals surface area contributed by atoms with E-state index in [1.807, 2.05) is 0 Å². The quantitative estimate of drug-likeness (QED) is 0.739. The summed E-state index contributed by atoms with van der Waals surface area (Å²) >= 11 is 1.10. The maximum atomic E-state index is 11.4. The van der Waals surface area contributed by atoms with E-state index in [1.54, 1.807) is 24.3 Å². The van der Waals surface area contributed by atoms with Gasteiger partial charge in [0.05, 0.1) is 6.61 Å². The highest BCUT2D eigenvalue weighted by Crippen LogP contribution is 2.12. The fraction of sp³-hybridized carbons (Fsp3) is 0.200. The van der Waals surface area contributed by atoms with E-state index >= 15 is 0 Å². The van der Waals surface area contributed by atoms with Gasteiger partial charge in [-0.05, 0) is 17.7 Å². The van der Waals surface area contributed by atoms with Crippen LogP contribution in [0.15, 0.2) is 24.3 Å². The van der Waals surface area contributed by atoms with E-state index < -0.39 is 0 Å². The van der Waals surface area contributed by atoms with Gasteiger partial charge in [0.2, 0.25) is 5.12 Å². The van der Waals surface area contributed by atoms with Crippen LogP contribution in [0, 0.1) is 5.41 Å². The van der Waals surface area contributed by atoms with Gasteiger partial charge in [0.15, 0.2) is 0 Å². The minimum Gasteiger partial charge on any atom is -0.396 e. The van der Waals surface area contributed by atoms with E-state index in [4.69, 9.17) is 10.5 Å². The number of hydrogen-bond donors (Lipinski definition) is 2. The summed E-state index contributed by atoms with van der Waals surface area (Å²) < 4.78 is 0. The lowest BCUT2D eigenvalue weighted by atomic mass is 10.2. The van der Waals surface area contributed by atoms with Gasteiger partial charge >= 0.3 is 0 Å². The molecule has 0 saturated carbocycles. The number of benzene rings is 1. The highest BCUT2D eigenvalue weighted by atomic mass is 32.2. The largest absolute Gasteiger partial charge is 0.396 e. The first-order chi connectivity index (χ1) is 6.77. The van der Waals surface area contributed by atoms with Crippen LogP contribution < -0.4 is 0 Å². The molecular weight excluding hydrogens is 198 g/mol. The molecule has 0 radical (unpaired) electrons. The molecule has 0 aliphatic carbocycles. The lowest BCUT2D eigenvalue weighted by Gasteiger charge is -1.99. The number of nitrogens with one attached hydrogen (secondary N) is 1. The maximum Gasteiger partial charge on any atom is 0.219 e. The third-order valence-corrected chi connectivity index (χ3v) is 2.52. The SMILES string of the molecule is N=Cc1ccc(C(=O)SCCO)cc1. The Morgan fingerprint density at radius 2 is 2.07 bits per heavy atom. The second-order valence-corrected chi connectivity index (χ2v) is 3.69. The van der Waals surface area contributed by atoms with E-state index in [2.05, 4.69) is 0 Å². The summed E-state index contributed by atoms with van der Waals surface area (Å²) in [5.74, 6) is 0.422. The highest BCUT2D eigenvalue weighted by molar-refractivity contribution is 8.14. The zero-order valence-electron chi connectivity index (χ0n) is 7.56. The molecule has 0 saturated heterocycles. The Morgan fingerprint density at radius 3 is 2.57 bits per heavy atom. The number of aliphatic hydroxyl groups excluding tert-OH is 1. The smallest absolute Gasteiger partial charge is 0.219 e. The van der Waals surface area contributed by atoms with Crippen molar-refractivity contribution in [1.29, 1.82) is 5.41 Å². The van der Waals surface area contributed by atoms with Crippen molar-refractivity contribution in [2.45, 2.75) is 0 Å². The number of thioether (sulfide) groups is 1. The molecule has 0 unspecified atom stereocenters. The predicted molar refractivity (Wildman–Crippen MR) is 58.2 cm³/mol. The predicted octanol–water partition coefficient (Wildman–Crippen LogP) is 1.55. The fourth-order valence-electron chi connectivity index (χ4n) is 0.937. The average molecular weight is 209 g/mol. The summed E-state index contributed by atoms with van der Waals surface area (Å²) in [6.07, 6.45) is 1.23. The molecule has 1 aromatic rings. The number of hydrogen-bond acceptors (Lipinski definition) is 4. The van der Waals surface area contributed by atoms with Crippen molar-refractivity contribution in [2.24, 2.45) is 0 Å². The topological polar surface area (TPSA) is 61.2 Å². The average Bonchev–Trinajstić information content (AvgIpc) is 2.26. The van der Waals surface area contributed by atoms with Gasteiger partial charge < -0.3 is 10.5 Å². The molecule has 1 aromatic carbocycles. The molecule has 0 amide bonds. The first-order valence-electron chi connectivity index (χ1n) is 4.16. The van der Waals surface area contributed by atoms with Crippen molar-refractivity contribution in [3.05, 3.63) is 35.4 Å². The molecule has 74 valence electrons. The lowest BCUT2D eigenvalue weighted by molar-refractivity contribution is 0.108. The molecular formula is C10H11NO2S. The van der Waals surface area contributed by atoms with Crippen LogP contribution in [-0.4, -0.2) is 28.8 Å². The van der Waals surface area contributed by atoms with E-state index in [-0.39, 0.29) is 11.7 Å². The molecule has 4 heteroatoms. The van der Waals surface area contributed by atoms with Crippen molar-refractivity contribution in [1.82, 2.24) is 0 Å². The van der Waals surface area contributed by atoms with Crippen LogP contribution in [0.3, 0.4) is 0 Å². The van der Waals surface area contributed by atoms with Gasteiger partial charge in [-0.1, -0.05) is 23.9 Å². The van der Waals surface area contributed by atoms with Crippen LogP contribution in [0.5, 0.6) is 0 Å². The van der Waals surface area contributed by atoms with Gasteiger partial charge in [-0.3, -0.25) is 4.79 Å². The maximum absolute atomic E-state index is 11.4. The van der Waals surface area contributed by atoms with Crippen molar-refractivity contribution in [2.75, 3.05) is 12.4 Å². The monoisotopic (exact) mass is 209 g/mol. The van der Waals surface area contributed by atoms with Crippen molar-refractivity contribution in [3.63, 3.8) is 0 Å². The lowest BCUT2D eigenvalue weighted by Crippen LogP contribution is -1.97. The number of aliphatic hydroxyl groups is 1. The van der Waals surface area contributed by atoms with Gasteiger partial charge in [-0.15, -0.1) is 0 Å².